The van der Waals surface area contributed by atoms with Crippen molar-refractivity contribution in [2.75, 3.05) is 13.1 Å². The van der Waals surface area contributed by atoms with E-state index >= 15 is 0 Å². The smallest absolute Gasteiger partial charge is 0.240 e. The van der Waals surface area contributed by atoms with E-state index in [1.165, 1.54) is 48.5 Å². The second kappa shape index (κ2) is 8.37. The Morgan fingerprint density at radius 3 is 2.28 bits per heavy atom. The molecule has 25 heavy (non-hydrogen) atoms. The van der Waals surface area contributed by atoms with Gasteiger partial charge in [0.05, 0.1) is 22.9 Å². The second-order valence-electron chi connectivity index (χ2n) is 5.19. The Kier molecular flexibility index (Phi) is 6.22. The highest BCUT2D eigenvalue weighted by atomic mass is 32.2. The van der Waals surface area contributed by atoms with Crippen LogP contribution in [0.1, 0.15) is 11.1 Å². The molecular weight excluding hydrogens is 345 g/mol. The van der Waals surface area contributed by atoms with Gasteiger partial charge < -0.3 is 5.32 Å². The zero-order valence-corrected chi connectivity index (χ0v) is 14.0. The van der Waals surface area contributed by atoms with Crippen molar-refractivity contribution in [1.82, 2.24) is 10.0 Å². The summed E-state index contributed by atoms with van der Waals surface area (Å²) in [7, 11) is -3.70. The fourth-order valence-corrected chi connectivity index (χ4v) is 3.06. The summed E-state index contributed by atoms with van der Waals surface area (Å²) in [5, 5.41) is 11.3. The Labute approximate surface area is 145 Å². The minimum absolute atomic E-state index is 0.0253. The molecule has 0 saturated heterocycles. The maximum absolute atomic E-state index is 12.8. The number of nitrogens with one attached hydrogen (secondary N) is 2. The average Bonchev–Trinajstić information content (AvgIpc) is 2.61. The van der Waals surface area contributed by atoms with Gasteiger partial charge in [0.15, 0.2) is 0 Å². The van der Waals surface area contributed by atoms with Crippen molar-refractivity contribution in [3.63, 3.8) is 0 Å². The summed E-state index contributed by atoms with van der Waals surface area (Å²) in [6.45, 7) is 0.146. The molecule has 1 amide bonds. The highest BCUT2D eigenvalue weighted by Crippen LogP contribution is 2.09. The van der Waals surface area contributed by atoms with Gasteiger partial charge in [-0.25, -0.2) is 17.5 Å². The summed E-state index contributed by atoms with van der Waals surface area (Å²) in [5.74, 6) is -0.662. The van der Waals surface area contributed by atoms with E-state index in [1.807, 2.05) is 6.07 Å². The van der Waals surface area contributed by atoms with Crippen molar-refractivity contribution < 1.29 is 17.6 Å². The lowest BCUT2D eigenvalue weighted by Crippen LogP contribution is -2.35. The quantitative estimate of drug-likeness (QED) is 0.727. The lowest BCUT2D eigenvalue weighted by Gasteiger charge is -2.08. The topological polar surface area (TPSA) is 99.1 Å². The van der Waals surface area contributed by atoms with E-state index in [1.54, 1.807) is 0 Å². The van der Waals surface area contributed by atoms with E-state index in [0.717, 1.165) is 0 Å². The fraction of sp³-hybridized carbons (Fsp3) is 0.176. The SMILES string of the molecule is N#Cc1ccc(S(=O)(=O)NCCNC(=O)Cc2ccc(F)cc2)cc1. The van der Waals surface area contributed by atoms with Gasteiger partial charge >= 0.3 is 0 Å². The fourth-order valence-electron chi connectivity index (χ4n) is 2.03. The highest BCUT2D eigenvalue weighted by molar-refractivity contribution is 7.89. The van der Waals surface area contributed by atoms with E-state index in [4.69, 9.17) is 5.26 Å². The number of carbonyl (C=O) groups is 1. The van der Waals surface area contributed by atoms with Gasteiger partial charge in [-0.2, -0.15) is 5.26 Å². The zero-order valence-electron chi connectivity index (χ0n) is 13.2. The Bertz CT molecular complexity index is 873. The molecule has 0 aliphatic rings. The molecule has 2 aromatic carbocycles. The third-order valence-electron chi connectivity index (χ3n) is 3.31. The Morgan fingerprint density at radius 1 is 1.04 bits per heavy atom. The molecule has 2 N–H and O–H groups in total. The molecule has 0 heterocycles. The normalized spacial score (nSPS) is 10.9. The van der Waals surface area contributed by atoms with E-state index in [2.05, 4.69) is 10.0 Å². The van der Waals surface area contributed by atoms with Crippen molar-refractivity contribution in [1.29, 1.82) is 5.26 Å². The van der Waals surface area contributed by atoms with E-state index < -0.39 is 10.0 Å². The highest BCUT2D eigenvalue weighted by Gasteiger charge is 2.13. The molecule has 0 aromatic heterocycles. The Morgan fingerprint density at radius 2 is 1.68 bits per heavy atom. The van der Waals surface area contributed by atoms with Gasteiger partial charge in [0.25, 0.3) is 0 Å². The second-order valence-corrected chi connectivity index (χ2v) is 6.95. The molecular formula is C17H16FN3O3S. The third-order valence-corrected chi connectivity index (χ3v) is 4.79. The summed E-state index contributed by atoms with van der Waals surface area (Å²) >= 11 is 0. The van der Waals surface area contributed by atoms with Gasteiger partial charge in [-0.3, -0.25) is 4.79 Å². The molecule has 6 nitrogen and oxygen atoms in total. The molecule has 2 rings (SSSR count). The van der Waals surface area contributed by atoms with Gasteiger partial charge in [-0.1, -0.05) is 12.1 Å². The van der Waals surface area contributed by atoms with Crippen molar-refractivity contribution in [3.8, 4) is 6.07 Å². The summed E-state index contributed by atoms with van der Waals surface area (Å²) in [6, 6.07) is 13.0. The summed E-state index contributed by atoms with van der Waals surface area (Å²) < 4.78 is 39.3. The molecule has 0 radical (unpaired) electrons. The number of rotatable bonds is 7. The lowest BCUT2D eigenvalue weighted by molar-refractivity contribution is -0.120. The van der Waals surface area contributed by atoms with Crippen LogP contribution in [0.2, 0.25) is 0 Å². The monoisotopic (exact) mass is 361 g/mol. The van der Waals surface area contributed by atoms with Crippen LogP contribution < -0.4 is 10.0 Å². The van der Waals surface area contributed by atoms with Crippen LogP contribution in [-0.4, -0.2) is 27.4 Å². The number of sulfonamides is 1. The van der Waals surface area contributed by atoms with E-state index in [-0.39, 0.29) is 36.1 Å². The number of carbonyl (C=O) groups excluding carboxylic acids is 1. The zero-order chi connectivity index (χ0) is 18.3. The number of benzene rings is 2. The maximum atomic E-state index is 12.8. The van der Waals surface area contributed by atoms with Crippen molar-refractivity contribution >= 4 is 15.9 Å². The first-order valence-electron chi connectivity index (χ1n) is 7.42. The van der Waals surface area contributed by atoms with Crippen LogP contribution in [0.3, 0.4) is 0 Å². The molecule has 0 saturated carbocycles. The number of nitriles is 1. The van der Waals surface area contributed by atoms with Crippen LogP contribution in [0, 0.1) is 17.1 Å². The maximum Gasteiger partial charge on any atom is 0.240 e. The van der Waals surface area contributed by atoms with Crippen LogP contribution >= 0.6 is 0 Å². The molecule has 0 aliphatic carbocycles. The van der Waals surface area contributed by atoms with Gasteiger partial charge in [-0.05, 0) is 42.0 Å². The first-order valence-corrected chi connectivity index (χ1v) is 8.90. The van der Waals surface area contributed by atoms with Gasteiger partial charge in [-0.15, -0.1) is 0 Å². The van der Waals surface area contributed by atoms with E-state index in [0.29, 0.717) is 11.1 Å². The molecule has 0 atom stereocenters. The van der Waals surface area contributed by atoms with Crippen LogP contribution in [0.15, 0.2) is 53.4 Å². The number of hydrogen-bond donors (Lipinski definition) is 2. The Hall–Kier alpha value is -2.76. The van der Waals surface area contributed by atoms with Crippen LogP contribution in [0.25, 0.3) is 0 Å². The summed E-state index contributed by atoms with van der Waals surface area (Å²) in [6.07, 6.45) is 0.0860. The Balaban J connectivity index is 1.78. The summed E-state index contributed by atoms with van der Waals surface area (Å²) in [5.41, 5.74) is 1.03. The van der Waals surface area contributed by atoms with Crippen molar-refractivity contribution in [3.05, 3.63) is 65.5 Å². The predicted molar refractivity (Wildman–Crippen MR) is 89.5 cm³/mol. The standard InChI is InChI=1S/C17H16FN3O3S/c18-15-5-1-13(2-6-15)11-17(22)20-9-10-21-25(23,24)16-7-3-14(12-19)4-8-16/h1-8,21H,9-11H2,(H,20,22). The molecule has 0 unspecified atom stereocenters. The van der Waals surface area contributed by atoms with Crippen LogP contribution in [0.5, 0.6) is 0 Å². The first-order chi connectivity index (χ1) is 11.9. The van der Waals surface area contributed by atoms with Crippen LogP contribution in [0.4, 0.5) is 4.39 Å². The number of halogens is 1. The van der Waals surface area contributed by atoms with Crippen molar-refractivity contribution in [2.45, 2.75) is 11.3 Å². The first kappa shape index (κ1) is 18.6. The molecule has 2 aromatic rings. The van der Waals surface area contributed by atoms with Crippen molar-refractivity contribution in [2.24, 2.45) is 0 Å². The number of hydrogen-bond acceptors (Lipinski definition) is 4. The minimum atomic E-state index is -3.70. The average molecular weight is 361 g/mol. The van der Waals surface area contributed by atoms with Gasteiger partial charge in [0.2, 0.25) is 15.9 Å². The summed E-state index contributed by atoms with van der Waals surface area (Å²) in [4.78, 5) is 11.8. The van der Waals surface area contributed by atoms with Crippen LogP contribution in [-0.2, 0) is 21.2 Å². The largest absolute Gasteiger partial charge is 0.355 e. The minimum Gasteiger partial charge on any atom is -0.355 e. The number of nitrogens with zero attached hydrogens (tertiary/aromatic N) is 1. The van der Waals surface area contributed by atoms with Gasteiger partial charge in [0.1, 0.15) is 5.82 Å². The van der Waals surface area contributed by atoms with E-state index in [9.17, 15) is 17.6 Å². The third kappa shape index (κ3) is 5.67. The van der Waals surface area contributed by atoms with Gasteiger partial charge in [0, 0.05) is 13.1 Å². The lowest BCUT2D eigenvalue weighted by atomic mass is 10.1. The molecule has 0 spiro atoms. The molecule has 0 fully saturated rings. The molecule has 0 aliphatic heterocycles. The number of amides is 1. The molecule has 8 heteroatoms. The molecule has 130 valence electrons. The predicted octanol–water partition coefficient (Wildman–Crippen LogP) is 1.33. The molecule has 0 bridgehead atoms.